The molecule has 88 valence electrons. The van der Waals surface area contributed by atoms with Gasteiger partial charge in [0.25, 0.3) is 0 Å². The lowest BCUT2D eigenvalue weighted by molar-refractivity contribution is -0.144. The normalized spacial score (nSPS) is 10.4. The summed E-state index contributed by atoms with van der Waals surface area (Å²) >= 11 is 0. The highest BCUT2D eigenvalue weighted by molar-refractivity contribution is 5.93. The van der Waals surface area contributed by atoms with Crippen LogP contribution in [0.1, 0.15) is 19.8 Å². The summed E-state index contributed by atoms with van der Waals surface area (Å²) in [4.78, 5) is 25.4. The zero-order valence-corrected chi connectivity index (χ0v) is 9.69. The molecule has 0 aliphatic heterocycles. The molecule has 0 radical (unpaired) electrons. The van der Waals surface area contributed by atoms with Crippen LogP contribution < -0.4 is 0 Å². The largest absolute Gasteiger partial charge is 0.481 e. The fraction of sp³-hybridized carbons (Fsp3) is 0.800. The fourth-order valence-corrected chi connectivity index (χ4v) is 1.28. The Balaban J connectivity index is 3.90. The van der Waals surface area contributed by atoms with Crippen molar-refractivity contribution in [1.29, 1.82) is 0 Å². The van der Waals surface area contributed by atoms with Crippen LogP contribution in [0, 0.1) is 0 Å². The van der Waals surface area contributed by atoms with Crippen molar-refractivity contribution in [2.45, 2.75) is 19.8 Å². The highest BCUT2D eigenvalue weighted by Crippen LogP contribution is 1.97. The molecule has 0 aliphatic carbocycles. The maximum Gasteiger partial charge on any atom is 0.312 e. The molecule has 0 saturated heterocycles. The number of aliphatic carboxylic acids is 1. The second kappa shape index (κ2) is 7.23. The quantitative estimate of drug-likeness (QED) is 0.620. The minimum atomic E-state index is -1.06. The van der Waals surface area contributed by atoms with Crippen molar-refractivity contribution in [3.05, 3.63) is 0 Å². The number of hydrogen-bond donors (Lipinski definition) is 1. The number of carboxylic acids is 1. The number of carbonyl (C=O) groups is 2. The van der Waals surface area contributed by atoms with E-state index in [2.05, 4.69) is 0 Å². The van der Waals surface area contributed by atoms with Gasteiger partial charge in [-0.3, -0.25) is 9.59 Å². The van der Waals surface area contributed by atoms with Crippen molar-refractivity contribution in [1.82, 2.24) is 9.80 Å². The van der Waals surface area contributed by atoms with Gasteiger partial charge in [0.05, 0.1) is 0 Å². The molecule has 1 N–H and O–H groups in total. The topological polar surface area (TPSA) is 60.9 Å². The highest BCUT2D eigenvalue weighted by atomic mass is 16.4. The van der Waals surface area contributed by atoms with E-state index in [-0.39, 0.29) is 5.91 Å². The van der Waals surface area contributed by atoms with Gasteiger partial charge >= 0.3 is 5.97 Å². The summed E-state index contributed by atoms with van der Waals surface area (Å²) in [5, 5.41) is 8.49. The second-order valence-corrected chi connectivity index (χ2v) is 3.70. The SMILES string of the molecule is CCN(CCCN(C)C)C(=O)CC(=O)O. The van der Waals surface area contributed by atoms with E-state index in [9.17, 15) is 9.59 Å². The Morgan fingerprint density at radius 3 is 2.20 bits per heavy atom. The molecule has 0 rings (SSSR count). The Bertz CT molecular complexity index is 217. The first-order valence-corrected chi connectivity index (χ1v) is 5.11. The third kappa shape index (κ3) is 6.90. The molecule has 0 heterocycles. The van der Waals surface area contributed by atoms with E-state index >= 15 is 0 Å². The van der Waals surface area contributed by atoms with Gasteiger partial charge in [-0.2, -0.15) is 0 Å². The van der Waals surface area contributed by atoms with Gasteiger partial charge in [-0.05, 0) is 34.0 Å². The summed E-state index contributed by atoms with van der Waals surface area (Å²) in [5.74, 6) is -1.37. The van der Waals surface area contributed by atoms with Crippen molar-refractivity contribution < 1.29 is 14.7 Å². The molecule has 1 amide bonds. The van der Waals surface area contributed by atoms with Crippen LogP contribution in [0.25, 0.3) is 0 Å². The van der Waals surface area contributed by atoms with Crippen molar-refractivity contribution >= 4 is 11.9 Å². The van der Waals surface area contributed by atoms with Crippen molar-refractivity contribution in [2.75, 3.05) is 33.7 Å². The Hall–Kier alpha value is -1.10. The third-order valence-electron chi connectivity index (χ3n) is 2.07. The Kier molecular flexibility index (Phi) is 6.70. The number of amides is 1. The van der Waals surface area contributed by atoms with E-state index in [1.165, 1.54) is 0 Å². The molecule has 0 bridgehead atoms. The minimum absolute atomic E-state index is 0.302. The van der Waals surface area contributed by atoms with E-state index < -0.39 is 12.4 Å². The first-order chi connectivity index (χ1) is 6.97. The van der Waals surface area contributed by atoms with Crippen LogP contribution in [-0.2, 0) is 9.59 Å². The van der Waals surface area contributed by atoms with E-state index in [4.69, 9.17) is 5.11 Å². The molecule has 0 aromatic carbocycles. The van der Waals surface area contributed by atoms with Gasteiger partial charge in [0.1, 0.15) is 6.42 Å². The van der Waals surface area contributed by atoms with E-state index in [0.29, 0.717) is 13.1 Å². The lowest BCUT2D eigenvalue weighted by Crippen LogP contribution is -2.34. The molecule has 0 saturated carbocycles. The molecule has 5 heteroatoms. The zero-order chi connectivity index (χ0) is 11.8. The number of rotatable bonds is 7. The van der Waals surface area contributed by atoms with E-state index in [1.54, 1.807) is 4.90 Å². The lowest BCUT2D eigenvalue weighted by Gasteiger charge is -2.21. The summed E-state index contributed by atoms with van der Waals surface area (Å²) in [7, 11) is 3.94. The van der Waals surface area contributed by atoms with Gasteiger partial charge in [-0.1, -0.05) is 0 Å². The molecule has 0 fully saturated rings. The predicted octanol–water partition coefficient (Wildman–Crippen LogP) is 0.261. The minimum Gasteiger partial charge on any atom is -0.481 e. The molecular formula is C10H20N2O3. The van der Waals surface area contributed by atoms with Crippen LogP contribution in [0.3, 0.4) is 0 Å². The third-order valence-corrected chi connectivity index (χ3v) is 2.07. The van der Waals surface area contributed by atoms with Crippen LogP contribution in [0.4, 0.5) is 0 Å². The average Bonchev–Trinajstić information content (AvgIpc) is 2.10. The summed E-state index contributed by atoms with van der Waals surface area (Å²) in [6.07, 6.45) is 0.460. The Morgan fingerprint density at radius 2 is 1.80 bits per heavy atom. The van der Waals surface area contributed by atoms with Crippen LogP contribution in [0.15, 0.2) is 0 Å². The number of carbonyl (C=O) groups excluding carboxylic acids is 1. The van der Waals surface area contributed by atoms with Crippen molar-refractivity contribution in [3.8, 4) is 0 Å². The average molecular weight is 216 g/mol. The van der Waals surface area contributed by atoms with Crippen LogP contribution in [-0.4, -0.2) is 60.5 Å². The number of hydrogen-bond acceptors (Lipinski definition) is 3. The Labute approximate surface area is 90.7 Å². The van der Waals surface area contributed by atoms with Gasteiger partial charge in [0.15, 0.2) is 0 Å². The van der Waals surface area contributed by atoms with Crippen LogP contribution in [0.5, 0.6) is 0 Å². The predicted molar refractivity (Wildman–Crippen MR) is 57.7 cm³/mol. The molecule has 0 atom stereocenters. The highest BCUT2D eigenvalue weighted by Gasteiger charge is 2.14. The molecule has 0 aromatic rings. The molecule has 0 spiro atoms. The van der Waals surface area contributed by atoms with Crippen molar-refractivity contribution in [2.24, 2.45) is 0 Å². The number of carboxylic acid groups (broad SMARTS) is 1. The Morgan fingerprint density at radius 1 is 1.20 bits per heavy atom. The molecule has 5 nitrogen and oxygen atoms in total. The first kappa shape index (κ1) is 13.9. The molecule has 0 aromatic heterocycles. The summed E-state index contributed by atoms with van der Waals surface area (Å²) in [6, 6.07) is 0. The van der Waals surface area contributed by atoms with Crippen molar-refractivity contribution in [3.63, 3.8) is 0 Å². The van der Waals surface area contributed by atoms with E-state index in [0.717, 1.165) is 13.0 Å². The van der Waals surface area contributed by atoms with Gasteiger partial charge < -0.3 is 14.9 Å². The van der Waals surface area contributed by atoms with E-state index in [1.807, 2.05) is 25.9 Å². The smallest absolute Gasteiger partial charge is 0.312 e. The standard InChI is InChI=1S/C10H20N2O3/c1-4-12(7-5-6-11(2)3)9(13)8-10(14)15/h4-8H2,1-3H3,(H,14,15). The van der Waals surface area contributed by atoms with Crippen LogP contribution in [0.2, 0.25) is 0 Å². The molecule has 0 unspecified atom stereocenters. The zero-order valence-electron chi connectivity index (χ0n) is 9.69. The van der Waals surface area contributed by atoms with Crippen LogP contribution >= 0.6 is 0 Å². The summed E-state index contributed by atoms with van der Waals surface area (Å²) in [6.45, 7) is 3.95. The molecule has 0 aliphatic rings. The maximum absolute atomic E-state index is 11.4. The molecule has 15 heavy (non-hydrogen) atoms. The summed E-state index contributed by atoms with van der Waals surface area (Å²) < 4.78 is 0. The van der Waals surface area contributed by atoms with Gasteiger partial charge in [-0.25, -0.2) is 0 Å². The van der Waals surface area contributed by atoms with Gasteiger partial charge in [0.2, 0.25) is 5.91 Å². The lowest BCUT2D eigenvalue weighted by atomic mass is 10.3. The monoisotopic (exact) mass is 216 g/mol. The fourth-order valence-electron chi connectivity index (χ4n) is 1.28. The summed E-state index contributed by atoms with van der Waals surface area (Å²) in [5.41, 5.74) is 0. The number of nitrogens with zero attached hydrogens (tertiary/aromatic N) is 2. The molecular weight excluding hydrogens is 196 g/mol. The first-order valence-electron chi connectivity index (χ1n) is 5.11. The van der Waals surface area contributed by atoms with Gasteiger partial charge in [-0.15, -0.1) is 0 Å². The maximum atomic E-state index is 11.4. The van der Waals surface area contributed by atoms with Gasteiger partial charge in [0, 0.05) is 13.1 Å². The second-order valence-electron chi connectivity index (χ2n) is 3.70.